The third-order valence-electron chi connectivity index (χ3n) is 4.46. The molecule has 0 fully saturated rings. The van der Waals surface area contributed by atoms with Crippen LogP contribution >= 0.6 is 0 Å². The fourth-order valence-corrected chi connectivity index (χ4v) is 3.07. The Morgan fingerprint density at radius 3 is 2.88 bits per heavy atom. The molecule has 126 valence electrons. The molecule has 0 saturated carbocycles. The Morgan fingerprint density at radius 2 is 2.12 bits per heavy atom. The van der Waals surface area contributed by atoms with Gasteiger partial charge in [0.25, 0.3) is 5.91 Å². The molecule has 2 amide bonds. The van der Waals surface area contributed by atoms with Crippen molar-refractivity contribution in [3.05, 3.63) is 52.8 Å². The second kappa shape index (κ2) is 6.86. The molecule has 0 saturated heterocycles. The van der Waals surface area contributed by atoms with Gasteiger partial charge >= 0.3 is 0 Å². The van der Waals surface area contributed by atoms with Gasteiger partial charge in [-0.1, -0.05) is 24.3 Å². The van der Waals surface area contributed by atoms with Crippen molar-refractivity contribution in [3.63, 3.8) is 0 Å². The Kier molecular flexibility index (Phi) is 4.64. The van der Waals surface area contributed by atoms with Crippen molar-refractivity contribution in [1.29, 1.82) is 0 Å². The normalized spacial score (nSPS) is 16.3. The fraction of sp³-hybridized carbons (Fsp3) is 0.389. The van der Waals surface area contributed by atoms with Crippen LogP contribution in [0.15, 0.2) is 30.3 Å². The first-order valence-corrected chi connectivity index (χ1v) is 8.20. The molecule has 1 atom stereocenters. The van der Waals surface area contributed by atoms with Gasteiger partial charge < -0.3 is 10.6 Å². The first kappa shape index (κ1) is 16.2. The number of carbonyl (C=O) groups excluding carboxylic acids is 2. The van der Waals surface area contributed by atoms with Crippen LogP contribution in [-0.2, 0) is 18.3 Å². The van der Waals surface area contributed by atoms with Crippen LogP contribution in [0.25, 0.3) is 0 Å². The van der Waals surface area contributed by atoms with E-state index in [1.165, 1.54) is 11.1 Å². The van der Waals surface area contributed by atoms with Gasteiger partial charge in [-0.3, -0.25) is 14.3 Å². The highest BCUT2D eigenvalue weighted by atomic mass is 16.2. The van der Waals surface area contributed by atoms with Crippen LogP contribution in [0, 0.1) is 6.92 Å². The quantitative estimate of drug-likeness (QED) is 0.897. The minimum absolute atomic E-state index is 0.0245. The van der Waals surface area contributed by atoms with Crippen molar-refractivity contribution in [2.24, 2.45) is 7.05 Å². The van der Waals surface area contributed by atoms with Crippen LogP contribution in [0.2, 0.25) is 0 Å². The third kappa shape index (κ3) is 3.48. The number of carbonyl (C=O) groups is 2. The summed E-state index contributed by atoms with van der Waals surface area (Å²) >= 11 is 0. The lowest BCUT2D eigenvalue weighted by atomic mass is 9.88. The standard InChI is InChI=1S/C18H22N4O2/c1-12-10-16(21-22(12)2)18(24)19-11-17(23)20-15-9-5-7-13-6-3-4-8-14(13)15/h3-4,6,8,10,15H,5,7,9,11H2,1-2H3,(H,19,24)(H,20,23). The van der Waals surface area contributed by atoms with Gasteiger partial charge in [0, 0.05) is 12.7 Å². The second-order valence-corrected chi connectivity index (χ2v) is 6.19. The minimum Gasteiger partial charge on any atom is -0.348 e. The molecule has 6 heteroatoms. The Hall–Kier alpha value is -2.63. The molecular weight excluding hydrogens is 304 g/mol. The number of nitrogens with zero attached hydrogens (tertiary/aromatic N) is 2. The van der Waals surface area contributed by atoms with Crippen molar-refractivity contribution < 1.29 is 9.59 Å². The van der Waals surface area contributed by atoms with E-state index in [9.17, 15) is 9.59 Å². The lowest BCUT2D eigenvalue weighted by molar-refractivity contribution is -0.121. The first-order valence-electron chi connectivity index (χ1n) is 8.20. The molecule has 1 aromatic carbocycles. The molecule has 1 aliphatic rings. The van der Waals surface area contributed by atoms with Gasteiger partial charge in [-0.2, -0.15) is 5.10 Å². The highest BCUT2D eigenvalue weighted by Crippen LogP contribution is 2.29. The van der Waals surface area contributed by atoms with Crippen molar-refractivity contribution >= 4 is 11.8 Å². The van der Waals surface area contributed by atoms with E-state index in [0.717, 1.165) is 25.0 Å². The maximum absolute atomic E-state index is 12.2. The van der Waals surface area contributed by atoms with Gasteiger partial charge in [0.1, 0.15) is 5.69 Å². The summed E-state index contributed by atoms with van der Waals surface area (Å²) in [6, 6.07) is 9.92. The van der Waals surface area contributed by atoms with Gasteiger partial charge in [-0.15, -0.1) is 0 Å². The highest BCUT2D eigenvalue weighted by molar-refractivity contribution is 5.95. The van der Waals surface area contributed by atoms with E-state index in [1.807, 2.05) is 19.1 Å². The van der Waals surface area contributed by atoms with Crippen LogP contribution in [0.1, 0.15) is 46.2 Å². The van der Waals surface area contributed by atoms with Crippen LogP contribution in [0.5, 0.6) is 0 Å². The van der Waals surface area contributed by atoms with Crippen LogP contribution in [0.4, 0.5) is 0 Å². The Bertz CT molecular complexity index is 747. The zero-order valence-electron chi connectivity index (χ0n) is 14.0. The number of nitrogens with one attached hydrogen (secondary N) is 2. The molecule has 2 N–H and O–H groups in total. The molecule has 0 radical (unpaired) electrons. The van der Waals surface area contributed by atoms with Gasteiger partial charge in [0.2, 0.25) is 5.91 Å². The van der Waals surface area contributed by atoms with Gasteiger partial charge in [0.05, 0.1) is 12.6 Å². The van der Waals surface area contributed by atoms with Crippen molar-refractivity contribution in [1.82, 2.24) is 20.4 Å². The molecule has 24 heavy (non-hydrogen) atoms. The lowest BCUT2D eigenvalue weighted by Gasteiger charge is -2.26. The van der Waals surface area contributed by atoms with E-state index < -0.39 is 0 Å². The lowest BCUT2D eigenvalue weighted by Crippen LogP contribution is -2.39. The summed E-state index contributed by atoms with van der Waals surface area (Å²) in [5.41, 5.74) is 3.69. The van der Waals surface area contributed by atoms with Crippen LogP contribution in [-0.4, -0.2) is 28.1 Å². The van der Waals surface area contributed by atoms with E-state index in [0.29, 0.717) is 5.69 Å². The average Bonchev–Trinajstić information content (AvgIpc) is 2.92. The largest absolute Gasteiger partial charge is 0.348 e. The topological polar surface area (TPSA) is 76.0 Å². The zero-order valence-corrected chi connectivity index (χ0v) is 14.0. The molecule has 0 bridgehead atoms. The van der Waals surface area contributed by atoms with E-state index >= 15 is 0 Å². The summed E-state index contributed by atoms with van der Waals surface area (Å²) in [5.74, 6) is -0.518. The van der Waals surface area contributed by atoms with Crippen molar-refractivity contribution in [3.8, 4) is 0 Å². The summed E-state index contributed by atoms with van der Waals surface area (Å²) in [7, 11) is 1.78. The predicted octanol–water partition coefficient (Wildman–Crippen LogP) is 1.65. The number of rotatable bonds is 4. The highest BCUT2D eigenvalue weighted by Gasteiger charge is 2.21. The molecule has 1 aromatic heterocycles. The number of aromatic nitrogens is 2. The maximum Gasteiger partial charge on any atom is 0.272 e. The number of benzene rings is 1. The maximum atomic E-state index is 12.2. The van der Waals surface area contributed by atoms with E-state index in [4.69, 9.17) is 0 Å². The van der Waals surface area contributed by atoms with E-state index in [-0.39, 0.29) is 24.4 Å². The summed E-state index contributed by atoms with van der Waals surface area (Å²) in [5, 5.41) is 9.75. The summed E-state index contributed by atoms with van der Waals surface area (Å²) in [4.78, 5) is 24.2. The predicted molar refractivity (Wildman–Crippen MR) is 90.5 cm³/mol. The Balaban J connectivity index is 1.56. The summed E-state index contributed by atoms with van der Waals surface area (Å²) in [6.07, 6.45) is 3.04. The van der Waals surface area contributed by atoms with Crippen molar-refractivity contribution in [2.75, 3.05) is 6.54 Å². The average molecular weight is 326 g/mol. The molecular formula is C18H22N4O2. The molecule has 1 aliphatic carbocycles. The molecule has 6 nitrogen and oxygen atoms in total. The number of hydrogen-bond donors (Lipinski definition) is 2. The monoisotopic (exact) mass is 326 g/mol. The second-order valence-electron chi connectivity index (χ2n) is 6.19. The first-order chi connectivity index (χ1) is 11.5. The molecule has 0 aliphatic heterocycles. The van der Waals surface area contributed by atoms with Crippen molar-refractivity contribution in [2.45, 2.75) is 32.2 Å². The van der Waals surface area contributed by atoms with E-state index in [2.05, 4.69) is 27.9 Å². The number of amides is 2. The smallest absolute Gasteiger partial charge is 0.272 e. The van der Waals surface area contributed by atoms with Gasteiger partial charge in [-0.25, -0.2) is 0 Å². The zero-order chi connectivity index (χ0) is 17.1. The Morgan fingerprint density at radius 1 is 1.33 bits per heavy atom. The minimum atomic E-state index is -0.335. The molecule has 1 unspecified atom stereocenters. The SMILES string of the molecule is Cc1cc(C(=O)NCC(=O)NC2CCCc3ccccc32)nn1C. The third-order valence-corrected chi connectivity index (χ3v) is 4.46. The van der Waals surface area contributed by atoms with Gasteiger partial charge in [0.15, 0.2) is 0 Å². The number of fused-ring (bicyclic) bond motifs is 1. The molecule has 1 heterocycles. The van der Waals surface area contributed by atoms with Crippen LogP contribution in [0.3, 0.4) is 0 Å². The summed E-state index contributed by atoms with van der Waals surface area (Å²) < 4.78 is 1.63. The molecule has 3 rings (SSSR count). The summed E-state index contributed by atoms with van der Waals surface area (Å²) in [6.45, 7) is 1.82. The van der Waals surface area contributed by atoms with E-state index in [1.54, 1.807) is 17.8 Å². The number of aryl methyl sites for hydroxylation is 3. The number of hydrogen-bond acceptors (Lipinski definition) is 3. The van der Waals surface area contributed by atoms with Gasteiger partial charge in [-0.05, 0) is 43.4 Å². The van der Waals surface area contributed by atoms with Crippen LogP contribution < -0.4 is 10.6 Å². The molecule has 2 aromatic rings. The Labute approximate surface area is 141 Å². The fourth-order valence-electron chi connectivity index (χ4n) is 3.07. The molecule has 0 spiro atoms.